The average molecular weight is 358 g/mol. The summed E-state index contributed by atoms with van der Waals surface area (Å²) in [6.45, 7) is 0.0393. The molecule has 0 spiro atoms. The fourth-order valence-electron chi connectivity index (χ4n) is 2.25. The number of nitrogens with zero attached hydrogens (tertiary/aromatic N) is 1. The van der Waals surface area contributed by atoms with E-state index in [1.807, 2.05) is 11.4 Å². The summed E-state index contributed by atoms with van der Waals surface area (Å²) < 4.78 is 39.3. The number of hydrogen-bond donors (Lipinski definition) is 1. The second kappa shape index (κ2) is 5.41. The Balaban J connectivity index is 2.07. The summed E-state index contributed by atoms with van der Waals surface area (Å²) in [7, 11) is 0. The molecule has 0 unspecified atom stereocenters. The van der Waals surface area contributed by atoms with Gasteiger partial charge < -0.3 is 5.11 Å². The molecule has 0 radical (unpaired) electrons. The lowest BCUT2D eigenvalue weighted by Gasteiger charge is -2.18. The third kappa shape index (κ3) is 3.49. The topological polar surface area (TPSA) is 40.5 Å². The van der Waals surface area contributed by atoms with Crippen molar-refractivity contribution in [2.45, 2.75) is 12.7 Å². The lowest BCUT2D eigenvalue weighted by Crippen LogP contribution is -2.33. The van der Waals surface area contributed by atoms with Gasteiger partial charge in [0.25, 0.3) is 0 Å². The van der Waals surface area contributed by atoms with Crippen LogP contribution in [0.1, 0.15) is 4.88 Å². The second-order valence-corrected chi connectivity index (χ2v) is 6.43. The van der Waals surface area contributed by atoms with Crippen molar-refractivity contribution < 1.29 is 23.1 Å². The first-order chi connectivity index (χ1) is 8.77. The van der Waals surface area contributed by atoms with E-state index in [9.17, 15) is 18.0 Å². The molecule has 0 saturated carbocycles. The highest BCUT2D eigenvalue weighted by molar-refractivity contribution is 9.10. The summed E-state index contributed by atoms with van der Waals surface area (Å²) in [6, 6.07) is 1.83. The molecule has 1 aliphatic heterocycles. The normalized spacial score (nSPS) is 24.8. The highest BCUT2D eigenvalue weighted by Gasteiger charge is 2.52. The molecule has 2 rings (SSSR count). The van der Waals surface area contributed by atoms with Gasteiger partial charge in [0.2, 0.25) is 0 Å². The van der Waals surface area contributed by atoms with Crippen LogP contribution in [-0.2, 0) is 11.3 Å². The van der Waals surface area contributed by atoms with Crippen LogP contribution < -0.4 is 0 Å². The van der Waals surface area contributed by atoms with Gasteiger partial charge in [-0.15, -0.1) is 11.3 Å². The van der Waals surface area contributed by atoms with Crippen LogP contribution in [0.4, 0.5) is 13.2 Å². The van der Waals surface area contributed by atoms with E-state index in [0.717, 1.165) is 9.35 Å². The molecule has 1 aromatic rings. The van der Waals surface area contributed by atoms with Crippen LogP contribution in [0.3, 0.4) is 0 Å². The molecule has 1 saturated heterocycles. The zero-order valence-electron chi connectivity index (χ0n) is 9.65. The largest absolute Gasteiger partial charge is 0.481 e. The van der Waals surface area contributed by atoms with Crippen LogP contribution in [0.5, 0.6) is 0 Å². The molecule has 0 aliphatic carbocycles. The van der Waals surface area contributed by atoms with E-state index in [-0.39, 0.29) is 13.1 Å². The van der Waals surface area contributed by atoms with Crippen LogP contribution in [0.2, 0.25) is 0 Å². The Bertz CT molecular complexity index is 477. The maximum Gasteiger partial charge on any atom is 0.393 e. The molecule has 1 aliphatic rings. The minimum Gasteiger partial charge on any atom is -0.481 e. The van der Waals surface area contributed by atoms with Gasteiger partial charge >= 0.3 is 12.1 Å². The number of carboxylic acids is 1. The van der Waals surface area contributed by atoms with Crippen LogP contribution >= 0.6 is 27.3 Å². The van der Waals surface area contributed by atoms with E-state index in [2.05, 4.69) is 15.9 Å². The zero-order valence-corrected chi connectivity index (χ0v) is 12.1. The van der Waals surface area contributed by atoms with Crippen LogP contribution in [0.15, 0.2) is 15.9 Å². The van der Waals surface area contributed by atoms with Crippen molar-refractivity contribution >= 4 is 33.2 Å². The van der Waals surface area contributed by atoms with Crippen LogP contribution in [-0.4, -0.2) is 35.2 Å². The van der Waals surface area contributed by atoms with Gasteiger partial charge in [0.1, 0.15) is 0 Å². The van der Waals surface area contributed by atoms with E-state index in [1.165, 1.54) is 11.3 Å². The average Bonchev–Trinajstić information content (AvgIpc) is 2.85. The Kier molecular flexibility index (Phi) is 4.22. The number of carbonyl (C=O) groups is 1. The second-order valence-electron chi connectivity index (χ2n) is 4.52. The van der Waals surface area contributed by atoms with Crippen molar-refractivity contribution in [2.24, 2.45) is 11.8 Å². The third-order valence-electron chi connectivity index (χ3n) is 3.13. The molecule has 19 heavy (non-hydrogen) atoms. The summed E-state index contributed by atoms with van der Waals surface area (Å²) >= 11 is 4.72. The maximum atomic E-state index is 12.8. The van der Waals surface area contributed by atoms with Crippen molar-refractivity contribution in [3.63, 3.8) is 0 Å². The van der Waals surface area contributed by atoms with Crippen molar-refractivity contribution in [3.05, 3.63) is 20.8 Å². The smallest absolute Gasteiger partial charge is 0.393 e. The van der Waals surface area contributed by atoms with Gasteiger partial charge in [-0.05, 0) is 22.0 Å². The first kappa shape index (κ1) is 14.8. The molecule has 1 aromatic heterocycles. The Hall–Kier alpha value is -0.600. The van der Waals surface area contributed by atoms with Gasteiger partial charge in [-0.3, -0.25) is 9.69 Å². The van der Waals surface area contributed by atoms with Gasteiger partial charge in [0.15, 0.2) is 0 Å². The SMILES string of the molecule is O=C(O)[C@@H]1CN(Cc2cc(Br)cs2)C[C@H]1C(F)(F)F. The van der Waals surface area contributed by atoms with Gasteiger partial charge in [0.05, 0.1) is 11.8 Å². The van der Waals surface area contributed by atoms with Crippen molar-refractivity contribution in [1.82, 2.24) is 4.90 Å². The molecule has 106 valence electrons. The maximum absolute atomic E-state index is 12.8. The summed E-state index contributed by atoms with van der Waals surface area (Å²) in [6.07, 6.45) is -4.46. The fraction of sp³-hybridized carbons (Fsp3) is 0.545. The Morgan fingerprint density at radius 3 is 2.63 bits per heavy atom. The number of aliphatic carboxylic acids is 1. The van der Waals surface area contributed by atoms with E-state index >= 15 is 0 Å². The Labute approximate surface area is 120 Å². The molecule has 2 heterocycles. The quantitative estimate of drug-likeness (QED) is 0.902. The predicted octanol–water partition coefficient (Wildman–Crippen LogP) is 3.21. The minimum atomic E-state index is -4.46. The van der Waals surface area contributed by atoms with E-state index in [4.69, 9.17) is 5.11 Å². The number of carboxylic acid groups (broad SMARTS) is 1. The van der Waals surface area contributed by atoms with Crippen molar-refractivity contribution in [2.75, 3.05) is 13.1 Å². The van der Waals surface area contributed by atoms with Crippen LogP contribution in [0.25, 0.3) is 0 Å². The lowest BCUT2D eigenvalue weighted by atomic mass is 9.96. The fourth-order valence-corrected chi connectivity index (χ4v) is 3.75. The van der Waals surface area contributed by atoms with E-state index in [0.29, 0.717) is 6.54 Å². The highest BCUT2D eigenvalue weighted by atomic mass is 79.9. The zero-order chi connectivity index (χ0) is 14.2. The highest BCUT2D eigenvalue weighted by Crippen LogP contribution is 2.38. The number of thiophene rings is 1. The number of hydrogen-bond acceptors (Lipinski definition) is 3. The Morgan fingerprint density at radius 1 is 1.53 bits per heavy atom. The molecule has 8 heteroatoms. The third-order valence-corrected chi connectivity index (χ3v) is 4.82. The predicted molar refractivity (Wildman–Crippen MR) is 68.0 cm³/mol. The van der Waals surface area contributed by atoms with Crippen LogP contribution in [0, 0.1) is 11.8 Å². The lowest BCUT2D eigenvalue weighted by molar-refractivity contribution is -0.188. The first-order valence-electron chi connectivity index (χ1n) is 5.52. The molecule has 1 N–H and O–H groups in total. The standard InChI is InChI=1S/C11H11BrF3NO2S/c12-6-1-7(19-5-6)2-16-3-8(10(17)18)9(4-16)11(13,14)15/h1,5,8-9H,2-4H2,(H,17,18)/t8-,9-/m1/s1. The molecular formula is C11H11BrF3NO2S. The van der Waals surface area contributed by atoms with Gasteiger partial charge in [-0.2, -0.15) is 13.2 Å². The van der Waals surface area contributed by atoms with Gasteiger partial charge in [0, 0.05) is 34.4 Å². The van der Waals surface area contributed by atoms with E-state index in [1.54, 1.807) is 4.90 Å². The minimum absolute atomic E-state index is 0.0605. The Morgan fingerprint density at radius 2 is 2.21 bits per heavy atom. The van der Waals surface area contributed by atoms with E-state index < -0.39 is 24.0 Å². The number of rotatable bonds is 3. The molecule has 0 aromatic carbocycles. The molecule has 0 amide bonds. The number of likely N-dealkylation sites (tertiary alicyclic amines) is 1. The molecule has 2 atom stereocenters. The summed E-state index contributed by atoms with van der Waals surface area (Å²) in [5.41, 5.74) is 0. The number of halogens is 4. The summed E-state index contributed by atoms with van der Waals surface area (Å²) in [5, 5.41) is 10.8. The molecule has 0 bridgehead atoms. The molecular weight excluding hydrogens is 347 g/mol. The van der Waals surface area contributed by atoms with Crippen molar-refractivity contribution in [1.29, 1.82) is 0 Å². The monoisotopic (exact) mass is 357 g/mol. The molecule has 3 nitrogen and oxygen atoms in total. The van der Waals surface area contributed by atoms with Gasteiger partial charge in [-0.1, -0.05) is 0 Å². The summed E-state index contributed by atoms with van der Waals surface area (Å²) in [4.78, 5) is 13.4. The van der Waals surface area contributed by atoms with Gasteiger partial charge in [-0.25, -0.2) is 0 Å². The van der Waals surface area contributed by atoms with Crippen molar-refractivity contribution in [3.8, 4) is 0 Å². The number of alkyl halides is 3. The summed E-state index contributed by atoms with van der Waals surface area (Å²) in [5.74, 6) is -4.53. The molecule has 1 fully saturated rings. The first-order valence-corrected chi connectivity index (χ1v) is 7.19.